The average Bonchev–Trinajstić information content (AvgIpc) is 2.48. The van der Waals surface area contributed by atoms with Gasteiger partial charge in [0.2, 0.25) is 11.8 Å². The third-order valence-corrected chi connectivity index (χ3v) is 4.31. The van der Waals surface area contributed by atoms with Crippen molar-refractivity contribution in [1.82, 2.24) is 10.2 Å². The summed E-state index contributed by atoms with van der Waals surface area (Å²) in [6.45, 7) is 5.51. The molecule has 1 atom stereocenters. The van der Waals surface area contributed by atoms with Crippen LogP contribution in [0.5, 0.6) is 0 Å². The summed E-state index contributed by atoms with van der Waals surface area (Å²) >= 11 is 0. The second-order valence-corrected chi connectivity index (χ2v) is 6.64. The quantitative estimate of drug-likeness (QED) is 0.869. The Hall–Kier alpha value is -1.59. The van der Waals surface area contributed by atoms with Gasteiger partial charge < -0.3 is 16.0 Å². The Kier molecular flexibility index (Phi) is 7.03. The van der Waals surface area contributed by atoms with Crippen LogP contribution in [0.2, 0.25) is 0 Å². The van der Waals surface area contributed by atoms with Crippen molar-refractivity contribution in [1.29, 1.82) is 0 Å². The molecule has 1 aliphatic heterocycles. The summed E-state index contributed by atoms with van der Waals surface area (Å²) in [6.07, 6.45) is 1.10. The van der Waals surface area contributed by atoms with Crippen LogP contribution in [0, 0.1) is 5.41 Å². The second-order valence-electron chi connectivity index (χ2n) is 6.64. The number of carbonyl (C=O) groups is 2. The van der Waals surface area contributed by atoms with Crippen molar-refractivity contribution < 1.29 is 9.59 Å². The Bertz CT molecular complexity index is 534. The molecule has 23 heavy (non-hydrogen) atoms. The Labute approximate surface area is 144 Å². The highest BCUT2D eigenvalue weighted by Gasteiger charge is 2.35. The van der Waals surface area contributed by atoms with E-state index in [2.05, 4.69) is 19.2 Å². The number of amides is 2. The van der Waals surface area contributed by atoms with E-state index in [-0.39, 0.29) is 42.2 Å². The van der Waals surface area contributed by atoms with Crippen LogP contribution in [0.3, 0.4) is 0 Å². The highest BCUT2D eigenvalue weighted by Crippen LogP contribution is 2.27. The average molecular weight is 340 g/mol. The molecule has 0 aliphatic carbocycles. The van der Waals surface area contributed by atoms with Crippen molar-refractivity contribution >= 4 is 24.2 Å². The van der Waals surface area contributed by atoms with Crippen molar-refractivity contribution in [3.63, 3.8) is 0 Å². The van der Waals surface area contributed by atoms with Crippen molar-refractivity contribution in [3.05, 3.63) is 35.9 Å². The first-order valence-corrected chi connectivity index (χ1v) is 7.72. The van der Waals surface area contributed by atoms with Gasteiger partial charge in [-0.25, -0.2) is 0 Å². The van der Waals surface area contributed by atoms with Gasteiger partial charge in [0, 0.05) is 19.1 Å². The number of nitrogens with zero attached hydrogens (tertiary/aromatic N) is 1. The molecular formula is C17H26ClN3O2. The molecule has 0 aromatic heterocycles. The van der Waals surface area contributed by atoms with Gasteiger partial charge >= 0.3 is 0 Å². The molecule has 0 spiro atoms. The van der Waals surface area contributed by atoms with E-state index in [4.69, 9.17) is 5.73 Å². The van der Waals surface area contributed by atoms with Crippen LogP contribution in [0.15, 0.2) is 30.3 Å². The summed E-state index contributed by atoms with van der Waals surface area (Å²) < 4.78 is 0. The standard InChI is InChI=1S/C17H25N3O2.ClH/c1-17(2)12-20(9-8-14(17)18)16(22)11-19-15(21)10-13-6-4-3-5-7-13;/h3-7,14H,8-12,18H2,1-2H3,(H,19,21);1H. The number of benzene rings is 1. The molecule has 1 heterocycles. The molecule has 1 aliphatic rings. The minimum absolute atomic E-state index is 0. The van der Waals surface area contributed by atoms with E-state index in [0.29, 0.717) is 19.5 Å². The van der Waals surface area contributed by atoms with Crippen molar-refractivity contribution in [2.24, 2.45) is 11.1 Å². The zero-order valence-electron chi connectivity index (χ0n) is 13.7. The molecule has 1 fully saturated rings. The number of halogens is 1. The van der Waals surface area contributed by atoms with Gasteiger partial charge in [0.05, 0.1) is 13.0 Å². The lowest BCUT2D eigenvalue weighted by Gasteiger charge is -2.42. The number of likely N-dealkylation sites (tertiary alicyclic amines) is 1. The van der Waals surface area contributed by atoms with E-state index in [1.807, 2.05) is 30.3 Å². The minimum Gasteiger partial charge on any atom is -0.347 e. The maximum Gasteiger partial charge on any atom is 0.241 e. The van der Waals surface area contributed by atoms with Gasteiger partial charge in [-0.1, -0.05) is 44.2 Å². The largest absolute Gasteiger partial charge is 0.347 e. The molecule has 2 rings (SSSR count). The zero-order valence-corrected chi connectivity index (χ0v) is 14.6. The van der Waals surface area contributed by atoms with Crippen LogP contribution >= 0.6 is 12.4 Å². The Morgan fingerprint density at radius 3 is 2.57 bits per heavy atom. The summed E-state index contributed by atoms with van der Waals surface area (Å²) in [5, 5.41) is 2.71. The van der Waals surface area contributed by atoms with Crippen LogP contribution in [0.1, 0.15) is 25.8 Å². The second kappa shape index (κ2) is 8.31. The van der Waals surface area contributed by atoms with Gasteiger partial charge in [-0.15, -0.1) is 12.4 Å². The molecular weight excluding hydrogens is 314 g/mol. The maximum atomic E-state index is 12.2. The molecule has 0 bridgehead atoms. The fraction of sp³-hybridized carbons (Fsp3) is 0.529. The molecule has 6 heteroatoms. The predicted molar refractivity (Wildman–Crippen MR) is 93.4 cm³/mol. The molecule has 0 radical (unpaired) electrons. The number of hydrogen-bond donors (Lipinski definition) is 2. The van der Waals surface area contributed by atoms with Crippen molar-refractivity contribution in [2.75, 3.05) is 19.6 Å². The maximum absolute atomic E-state index is 12.2. The molecule has 0 saturated carbocycles. The van der Waals surface area contributed by atoms with Crippen LogP contribution in [0.25, 0.3) is 0 Å². The lowest BCUT2D eigenvalue weighted by atomic mass is 9.79. The number of nitrogens with one attached hydrogen (secondary N) is 1. The zero-order chi connectivity index (χ0) is 16.2. The first kappa shape index (κ1) is 19.5. The highest BCUT2D eigenvalue weighted by atomic mass is 35.5. The van der Waals surface area contributed by atoms with Gasteiger partial charge in [0.1, 0.15) is 0 Å². The van der Waals surface area contributed by atoms with Gasteiger partial charge in [0.15, 0.2) is 0 Å². The lowest BCUT2D eigenvalue weighted by molar-refractivity contribution is -0.135. The first-order chi connectivity index (χ1) is 10.4. The predicted octanol–water partition coefficient (Wildman–Crippen LogP) is 1.35. The van der Waals surface area contributed by atoms with Gasteiger partial charge in [0.25, 0.3) is 0 Å². The highest BCUT2D eigenvalue weighted by molar-refractivity contribution is 5.86. The monoisotopic (exact) mass is 339 g/mol. The third kappa shape index (κ3) is 5.52. The van der Waals surface area contributed by atoms with Gasteiger partial charge in [-0.05, 0) is 17.4 Å². The molecule has 1 aromatic rings. The molecule has 1 unspecified atom stereocenters. The first-order valence-electron chi connectivity index (χ1n) is 7.72. The summed E-state index contributed by atoms with van der Waals surface area (Å²) in [6, 6.07) is 9.61. The van der Waals surface area contributed by atoms with E-state index in [9.17, 15) is 9.59 Å². The normalized spacial score (nSPS) is 19.6. The SMILES string of the molecule is CC1(C)CN(C(=O)CNC(=O)Cc2ccccc2)CCC1N.Cl. The van der Waals surface area contributed by atoms with Crippen LogP contribution < -0.4 is 11.1 Å². The van der Waals surface area contributed by atoms with Crippen LogP contribution in [-0.2, 0) is 16.0 Å². The summed E-state index contributed by atoms with van der Waals surface area (Å²) in [5.41, 5.74) is 6.94. The van der Waals surface area contributed by atoms with E-state index >= 15 is 0 Å². The lowest BCUT2D eigenvalue weighted by Crippen LogP contribution is -2.55. The molecule has 5 nitrogen and oxygen atoms in total. The van der Waals surface area contributed by atoms with Crippen molar-refractivity contribution in [3.8, 4) is 0 Å². The van der Waals surface area contributed by atoms with Gasteiger partial charge in [-0.2, -0.15) is 0 Å². The molecule has 3 N–H and O–H groups in total. The Balaban J connectivity index is 0.00000264. The van der Waals surface area contributed by atoms with E-state index in [0.717, 1.165) is 12.0 Å². The minimum atomic E-state index is -0.132. The summed E-state index contributed by atoms with van der Waals surface area (Å²) in [7, 11) is 0. The van der Waals surface area contributed by atoms with E-state index in [1.165, 1.54) is 0 Å². The van der Waals surface area contributed by atoms with Crippen LogP contribution in [0.4, 0.5) is 0 Å². The number of piperidine rings is 1. The third-order valence-electron chi connectivity index (χ3n) is 4.31. The number of carbonyl (C=O) groups excluding carboxylic acids is 2. The molecule has 1 saturated heterocycles. The molecule has 2 amide bonds. The number of hydrogen-bond acceptors (Lipinski definition) is 3. The fourth-order valence-electron chi connectivity index (χ4n) is 2.72. The Morgan fingerprint density at radius 1 is 1.30 bits per heavy atom. The van der Waals surface area contributed by atoms with Crippen molar-refractivity contribution in [2.45, 2.75) is 32.7 Å². The topological polar surface area (TPSA) is 75.4 Å². The van der Waals surface area contributed by atoms with Gasteiger partial charge in [-0.3, -0.25) is 9.59 Å². The molecule has 128 valence electrons. The van der Waals surface area contributed by atoms with E-state index < -0.39 is 0 Å². The smallest absolute Gasteiger partial charge is 0.241 e. The summed E-state index contributed by atoms with van der Waals surface area (Å²) in [4.78, 5) is 25.9. The Morgan fingerprint density at radius 2 is 1.96 bits per heavy atom. The van der Waals surface area contributed by atoms with Crippen LogP contribution in [-0.4, -0.2) is 42.4 Å². The number of nitrogens with two attached hydrogens (primary N) is 1. The summed E-state index contributed by atoms with van der Waals surface area (Å²) in [5.74, 6) is -0.172. The number of rotatable bonds is 4. The van der Waals surface area contributed by atoms with E-state index in [1.54, 1.807) is 4.90 Å². The molecule has 1 aromatic carbocycles. The fourth-order valence-corrected chi connectivity index (χ4v) is 2.72.